The molecule has 3 aromatic rings. The van der Waals surface area contributed by atoms with E-state index in [2.05, 4.69) is 16.0 Å². The van der Waals surface area contributed by atoms with Gasteiger partial charge >= 0.3 is 18.1 Å². The first-order valence-corrected chi connectivity index (χ1v) is 14.8. The van der Waals surface area contributed by atoms with E-state index in [4.69, 9.17) is 37.9 Å². The van der Waals surface area contributed by atoms with Gasteiger partial charge in [0.15, 0.2) is 5.96 Å². The van der Waals surface area contributed by atoms with Crippen LogP contribution in [-0.4, -0.2) is 76.5 Å². The lowest BCUT2D eigenvalue weighted by Crippen LogP contribution is -2.54. The van der Waals surface area contributed by atoms with Gasteiger partial charge in [0, 0.05) is 12.1 Å². The lowest BCUT2D eigenvalue weighted by atomic mass is 9.89. The molecular weight excluding hydrogens is 665 g/mol. The maximum atomic E-state index is 13.8. The second-order valence-corrected chi connectivity index (χ2v) is 10.9. The number of amidine groups is 1. The van der Waals surface area contributed by atoms with E-state index in [0.29, 0.717) is 17.5 Å². The molecule has 268 valence electrons. The summed E-state index contributed by atoms with van der Waals surface area (Å²) in [5.41, 5.74) is 18.2. The second-order valence-electron chi connectivity index (χ2n) is 10.9. The van der Waals surface area contributed by atoms with Crippen LogP contribution in [0, 0.1) is 10.8 Å². The minimum absolute atomic E-state index is 0.0951. The number of carboxylic acids is 2. The third-order valence-corrected chi connectivity index (χ3v) is 7.10. The monoisotopic (exact) mass is 702 g/mol. The number of carbonyl (C=O) groups excluding carboxylic acids is 3. The van der Waals surface area contributed by atoms with Crippen molar-refractivity contribution in [3.63, 3.8) is 0 Å². The molecular formula is C32H37F3N8O7. The quantitative estimate of drug-likeness (QED) is 0.0615. The maximum absolute atomic E-state index is 13.8. The van der Waals surface area contributed by atoms with Gasteiger partial charge in [0.05, 0.1) is 12.3 Å². The molecule has 3 aromatic carbocycles. The van der Waals surface area contributed by atoms with Gasteiger partial charge in [-0.25, -0.2) is 4.79 Å². The van der Waals surface area contributed by atoms with Crippen LogP contribution in [0.1, 0.15) is 41.9 Å². The number of primary amides is 1. The number of alkyl halides is 3. The van der Waals surface area contributed by atoms with E-state index < -0.39 is 60.3 Å². The molecule has 0 bridgehead atoms. The molecule has 18 heteroatoms. The normalized spacial score (nSPS) is 12.6. The third-order valence-electron chi connectivity index (χ3n) is 7.10. The zero-order chi connectivity index (χ0) is 37.6. The molecule has 13 N–H and O–H groups in total. The fourth-order valence-electron chi connectivity index (χ4n) is 4.59. The highest BCUT2D eigenvalue weighted by Gasteiger charge is 2.38. The average molecular weight is 703 g/mol. The molecule has 0 spiro atoms. The first kappa shape index (κ1) is 40.0. The number of benzene rings is 3. The minimum atomic E-state index is -5.08. The van der Waals surface area contributed by atoms with Crippen LogP contribution in [-0.2, 0) is 30.4 Å². The molecule has 0 aliphatic heterocycles. The van der Waals surface area contributed by atoms with Crippen molar-refractivity contribution in [1.82, 2.24) is 16.0 Å². The summed E-state index contributed by atoms with van der Waals surface area (Å²) < 4.78 is 31.7. The van der Waals surface area contributed by atoms with Gasteiger partial charge in [-0.3, -0.25) is 30.0 Å². The van der Waals surface area contributed by atoms with E-state index in [1.165, 1.54) is 0 Å². The first-order chi connectivity index (χ1) is 23.4. The van der Waals surface area contributed by atoms with E-state index in [1.54, 1.807) is 30.3 Å². The van der Waals surface area contributed by atoms with Gasteiger partial charge in [-0.15, -0.1) is 0 Å². The van der Waals surface area contributed by atoms with E-state index in [1.807, 2.05) is 36.4 Å². The first-order valence-electron chi connectivity index (χ1n) is 14.8. The molecule has 15 nitrogen and oxygen atoms in total. The number of hydrogen-bond acceptors (Lipinski definition) is 7. The summed E-state index contributed by atoms with van der Waals surface area (Å²) in [6.45, 7) is 0.255. The number of carboxylic acid groups (broad SMARTS) is 2. The second kappa shape index (κ2) is 18.4. The highest BCUT2D eigenvalue weighted by Crippen LogP contribution is 2.26. The number of amides is 3. The molecule has 0 radical (unpaired) electrons. The third kappa shape index (κ3) is 13.1. The highest BCUT2D eigenvalue weighted by molar-refractivity contribution is 5.96. The number of hydrogen-bond donors (Lipinski definition) is 10. The molecule has 0 aliphatic carbocycles. The number of fused-ring (bicyclic) bond motifs is 1. The lowest BCUT2D eigenvalue weighted by molar-refractivity contribution is -0.192. The largest absolute Gasteiger partial charge is 0.490 e. The molecule has 3 amide bonds. The number of nitrogens with two attached hydrogens (primary N) is 3. The van der Waals surface area contributed by atoms with E-state index >= 15 is 0 Å². The van der Waals surface area contributed by atoms with Crippen molar-refractivity contribution in [3.05, 3.63) is 83.4 Å². The Morgan fingerprint density at radius 3 is 1.90 bits per heavy atom. The van der Waals surface area contributed by atoms with Crippen LogP contribution in [0.5, 0.6) is 0 Å². The predicted molar refractivity (Wildman–Crippen MR) is 176 cm³/mol. The van der Waals surface area contributed by atoms with Gasteiger partial charge in [0.1, 0.15) is 17.9 Å². The number of halogens is 3. The van der Waals surface area contributed by atoms with E-state index in [0.717, 1.165) is 16.3 Å². The molecule has 3 rings (SSSR count). The number of rotatable bonds is 15. The number of aliphatic carboxylic acids is 2. The van der Waals surface area contributed by atoms with E-state index in [9.17, 15) is 37.5 Å². The smallest absolute Gasteiger partial charge is 0.481 e. The standard InChI is InChI=1S/C30H36N8O5.C2HF3O2/c31-26(32)19-9-7-17(8-10-19)14-22(21-12-11-18-4-1-2-5-20(18)15-21)28(42)38-24(16-25(39)40)29(43)37-23(27(33)41)6-3-13-36-30(34)35;3-2(4,5)1(6)7/h1-2,4-5,7-12,15,22-24H,3,6,13-14,16H2,(H3,31,32)(H2,33,41)(H,37,43)(H,38,42)(H,39,40)(H4,34,35,36);(H,6,7)/t22-,23?,24?;/m0./s1. The summed E-state index contributed by atoms with van der Waals surface area (Å²) in [6, 6.07) is 17.4. The van der Waals surface area contributed by atoms with Crippen molar-refractivity contribution in [3.8, 4) is 0 Å². The fraction of sp³-hybridized carbons (Fsp3) is 0.281. The zero-order valence-corrected chi connectivity index (χ0v) is 26.4. The molecule has 0 aliphatic rings. The summed E-state index contributed by atoms with van der Waals surface area (Å²) in [5.74, 6) is -7.55. The molecule has 0 heterocycles. The van der Waals surface area contributed by atoms with Gasteiger partial charge in [0.2, 0.25) is 17.7 Å². The van der Waals surface area contributed by atoms with Crippen LogP contribution in [0.15, 0.2) is 66.7 Å². The predicted octanol–water partition coefficient (Wildman–Crippen LogP) is 1.28. The van der Waals surface area contributed by atoms with Crippen molar-refractivity contribution in [2.75, 3.05) is 6.54 Å². The summed E-state index contributed by atoms with van der Waals surface area (Å²) in [4.78, 5) is 59.5. The summed E-state index contributed by atoms with van der Waals surface area (Å²) in [6.07, 6.45) is -5.18. The van der Waals surface area contributed by atoms with Crippen molar-refractivity contribution < 1.29 is 47.4 Å². The van der Waals surface area contributed by atoms with Crippen molar-refractivity contribution >= 4 is 52.2 Å². The Morgan fingerprint density at radius 2 is 1.38 bits per heavy atom. The Hall–Kier alpha value is -6.20. The van der Waals surface area contributed by atoms with Crippen LogP contribution in [0.3, 0.4) is 0 Å². The summed E-state index contributed by atoms with van der Waals surface area (Å²) in [5, 5.41) is 40.9. The molecule has 2 unspecified atom stereocenters. The summed E-state index contributed by atoms with van der Waals surface area (Å²) in [7, 11) is 0. The zero-order valence-electron chi connectivity index (χ0n) is 26.4. The van der Waals surface area contributed by atoms with Crippen LogP contribution in [0.2, 0.25) is 0 Å². The Kier molecular flexibility index (Phi) is 14.7. The van der Waals surface area contributed by atoms with Crippen LogP contribution in [0.25, 0.3) is 10.8 Å². The molecule has 0 saturated heterocycles. The van der Waals surface area contributed by atoms with Crippen LogP contribution in [0.4, 0.5) is 13.2 Å². The molecule has 0 saturated carbocycles. The molecule has 50 heavy (non-hydrogen) atoms. The molecule has 0 fully saturated rings. The summed E-state index contributed by atoms with van der Waals surface area (Å²) >= 11 is 0. The SMILES string of the molecule is N=C(N)NCCCC(NC(=O)C(CC(=O)O)NC(=O)[C@@H](Cc1ccc(C(=N)N)cc1)c1ccc2ccccc2c1)C(N)=O.O=C(O)C(F)(F)F. The van der Waals surface area contributed by atoms with Crippen molar-refractivity contribution in [2.24, 2.45) is 17.2 Å². The van der Waals surface area contributed by atoms with Crippen LogP contribution >= 0.6 is 0 Å². The van der Waals surface area contributed by atoms with Gasteiger partial charge in [-0.05, 0) is 41.2 Å². The van der Waals surface area contributed by atoms with Crippen LogP contribution < -0.4 is 33.2 Å². The van der Waals surface area contributed by atoms with Gasteiger partial charge in [0.25, 0.3) is 0 Å². The molecule has 3 atom stereocenters. The number of carbonyl (C=O) groups is 5. The number of nitrogen functional groups attached to an aromatic ring is 1. The number of nitrogens with one attached hydrogen (secondary N) is 5. The van der Waals surface area contributed by atoms with Crippen molar-refractivity contribution in [2.45, 2.75) is 49.9 Å². The molecule has 0 aromatic heterocycles. The lowest BCUT2D eigenvalue weighted by Gasteiger charge is -2.24. The Bertz CT molecular complexity index is 1720. The van der Waals surface area contributed by atoms with Gasteiger partial charge in [-0.1, -0.05) is 66.7 Å². The fourth-order valence-corrected chi connectivity index (χ4v) is 4.59. The number of guanidine groups is 1. The minimum Gasteiger partial charge on any atom is -0.481 e. The van der Waals surface area contributed by atoms with Gasteiger partial charge < -0.3 is 43.4 Å². The Labute approximate surface area is 283 Å². The topological polar surface area (TPSA) is 288 Å². The Morgan fingerprint density at radius 1 is 0.800 bits per heavy atom. The maximum Gasteiger partial charge on any atom is 0.490 e. The van der Waals surface area contributed by atoms with Gasteiger partial charge in [-0.2, -0.15) is 13.2 Å². The Balaban J connectivity index is 0.00000112. The van der Waals surface area contributed by atoms with Crippen molar-refractivity contribution in [1.29, 1.82) is 10.8 Å². The average Bonchev–Trinajstić information content (AvgIpc) is 3.04. The highest BCUT2D eigenvalue weighted by atomic mass is 19.4. The van der Waals surface area contributed by atoms with E-state index in [-0.39, 0.29) is 31.2 Å².